The van der Waals surface area contributed by atoms with E-state index in [1.165, 1.54) is 6.07 Å². The molecule has 35 heavy (non-hydrogen) atoms. The fraction of sp³-hybridized carbons (Fsp3) is 0.241. The largest absolute Gasteiger partial charge is 0.507 e. The van der Waals surface area contributed by atoms with Gasteiger partial charge in [0.25, 0.3) is 11.7 Å². The molecule has 3 aromatic rings. The van der Waals surface area contributed by atoms with Gasteiger partial charge in [-0.25, -0.2) is 8.78 Å². The third kappa shape index (κ3) is 4.36. The average Bonchev–Trinajstić information content (AvgIpc) is 3.05. The number of aliphatic hydroxyl groups is 1. The summed E-state index contributed by atoms with van der Waals surface area (Å²) in [5, 5.41) is 11.5. The van der Waals surface area contributed by atoms with E-state index < -0.39 is 29.4 Å². The van der Waals surface area contributed by atoms with Gasteiger partial charge in [0, 0.05) is 17.3 Å². The molecule has 0 aliphatic carbocycles. The van der Waals surface area contributed by atoms with Gasteiger partial charge in [0.15, 0.2) is 11.6 Å². The van der Waals surface area contributed by atoms with Crippen LogP contribution in [0.25, 0.3) is 5.76 Å². The maximum Gasteiger partial charge on any atom is 0.300 e. The van der Waals surface area contributed by atoms with Gasteiger partial charge in [-0.15, -0.1) is 0 Å². The zero-order valence-electron chi connectivity index (χ0n) is 20.3. The number of hydrogen-bond donors (Lipinski definition) is 1. The van der Waals surface area contributed by atoms with Gasteiger partial charge < -0.3 is 5.11 Å². The molecule has 1 atom stereocenters. The number of halogens is 2. The number of aryl methyl sites for hydroxylation is 2. The number of hydrogen-bond acceptors (Lipinski definition) is 3. The molecule has 1 N–H and O–H groups in total. The molecular weight excluding hydrogens is 448 g/mol. The van der Waals surface area contributed by atoms with Crippen LogP contribution in [0, 0.1) is 25.5 Å². The topological polar surface area (TPSA) is 57.6 Å². The summed E-state index contributed by atoms with van der Waals surface area (Å²) in [6.45, 7) is 9.79. The molecule has 0 spiro atoms. The number of carbonyl (C=O) groups excluding carboxylic acids is 2. The van der Waals surface area contributed by atoms with Crippen LogP contribution in [0.2, 0.25) is 0 Å². The highest BCUT2D eigenvalue weighted by Gasteiger charge is 2.47. The standard InChI is InChI=1S/C29H27F2NO3/c1-16-7-6-8-18(13-16)25-24(26(33)21-14-19(29(3,4)5)10-9-17(21)2)27(34)28(35)32(25)20-11-12-22(30)23(31)15-20/h6-15,25,33H,1-5H3/b26-24+. The molecule has 1 amide bonds. The summed E-state index contributed by atoms with van der Waals surface area (Å²) in [6.07, 6.45) is 0. The van der Waals surface area contributed by atoms with E-state index in [9.17, 15) is 23.5 Å². The van der Waals surface area contributed by atoms with E-state index in [0.717, 1.165) is 33.7 Å². The third-order valence-electron chi connectivity index (χ3n) is 6.34. The van der Waals surface area contributed by atoms with E-state index in [0.29, 0.717) is 11.1 Å². The minimum Gasteiger partial charge on any atom is -0.507 e. The molecule has 0 saturated carbocycles. The van der Waals surface area contributed by atoms with Gasteiger partial charge in [0.2, 0.25) is 0 Å². The average molecular weight is 476 g/mol. The third-order valence-corrected chi connectivity index (χ3v) is 6.34. The van der Waals surface area contributed by atoms with E-state index in [1.807, 2.05) is 58.9 Å². The van der Waals surface area contributed by atoms with Crippen molar-refractivity contribution in [2.75, 3.05) is 4.90 Å². The molecule has 1 unspecified atom stereocenters. The highest BCUT2D eigenvalue weighted by Crippen LogP contribution is 2.43. The lowest BCUT2D eigenvalue weighted by Gasteiger charge is -2.26. The Bertz CT molecular complexity index is 1380. The summed E-state index contributed by atoms with van der Waals surface area (Å²) in [6, 6.07) is 14.9. The Morgan fingerprint density at radius 2 is 1.63 bits per heavy atom. The molecule has 4 rings (SSSR count). The normalized spacial score (nSPS) is 17.8. The van der Waals surface area contributed by atoms with Crippen LogP contribution in [0.1, 0.15) is 54.6 Å². The van der Waals surface area contributed by atoms with Gasteiger partial charge in [0.1, 0.15) is 5.76 Å². The predicted molar refractivity (Wildman–Crippen MR) is 132 cm³/mol. The van der Waals surface area contributed by atoms with E-state index in [1.54, 1.807) is 18.2 Å². The quantitative estimate of drug-likeness (QED) is 0.267. The molecule has 0 bridgehead atoms. The first-order valence-electron chi connectivity index (χ1n) is 11.3. The molecule has 4 nitrogen and oxygen atoms in total. The summed E-state index contributed by atoms with van der Waals surface area (Å²) in [5.74, 6) is -4.32. The highest BCUT2D eigenvalue weighted by molar-refractivity contribution is 6.51. The molecule has 180 valence electrons. The number of benzene rings is 3. The number of rotatable bonds is 3. The van der Waals surface area contributed by atoms with Crippen molar-refractivity contribution in [3.8, 4) is 0 Å². The number of aliphatic hydroxyl groups excluding tert-OH is 1. The van der Waals surface area contributed by atoms with Crippen molar-refractivity contribution in [1.29, 1.82) is 0 Å². The van der Waals surface area contributed by atoms with Crippen molar-refractivity contribution in [1.82, 2.24) is 0 Å². The van der Waals surface area contributed by atoms with Crippen LogP contribution in [0.4, 0.5) is 14.5 Å². The van der Waals surface area contributed by atoms with E-state index in [2.05, 4.69) is 0 Å². The number of amides is 1. The molecule has 1 saturated heterocycles. The number of carbonyl (C=O) groups is 2. The Labute approximate surface area is 203 Å². The predicted octanol–water partition coefficient (Wildman–Crippen LogP) is 6.51. The maximum absolute atomic E-state index is 14.1. The molecule has 1 heterocycles. The molecule has 1 aliphatic rings. The minimum absolute atomic E-state index is 0.0247. The second kappa shape index (κ2) is 8.77. The lowest BCUT2D eigenvalue weighted by atomic mass is 9.84. The number of ketones is 1. The van der Waals surface area contributed by atoms with E-state index in [-0.39, 0.29) is 22.4 Å². The van der Waals surface area contributed by atoms with Gasteiger partial charge in [-0.3, -0.25) is 14.5 Å². The lowest BCUT2D eigenvalue weighted by Crippen LogP contribution is -2.29. The lowest BCUT2D eigenvalue weighted by molar-refractivity contribution is -0.132. The first-order chi connectivity index (χ1) is 16.4. The van der Waals surface area contributed by atoms with Gasteiger partial charge >= 0.3 is 0 Å². The molecule has 1 aliphatic heterocycles. The second-order valence-corrected chi connectivity index (χ2v) is 9.96. The van der Waals surface area contributed by atoms with Crippen LogP contribution in [0.5, 0.6) is 0 Å². The molecular formula is C29H27F2NO3. The van der Waals surface area contributed by atoms with Crippen molar-refractivity contribution in [2.24, 2.45) is 0 Å². The Balaban J connectivity index is 2.00. The summed E-state index contributed by atoms with van der Waals surface area (Å²) in [4.78, 5) is 27.7. The number of nitrogens with zero attached hydrogens (tertiary/aromatic N) is 1. The summed E-state index contributed by atoms with van der Waals surface area (Å²) in [7, 11) is 0. The summed E-state index contributed by atoms with van der Waals surface area (Å²) in [5.41, 5.74) is 3.29. The Hall–Kier alpha value is -3.80. The fourth-order valence-electron chi connectivity index (χ4n) is 4.38. The Morgan fingerprint density at radius 3 is 2.26 bits per heavy atom. The molecule has 1 fully saturated rings. The van der Waals surface area contributed by atoms with Crippen LogP contribution in [0.3, 0.4) is 0 Å². The van der Waals surface area contributed by atoms with Gasteiger partial charge in [-0.05, 0) is 54.2 Å². The molecule has 0 aromatic heterocycles. The van der Waals surface area contributed by atoms with Crippen LogP contribution >= 0.6 is 0 Å². The zero-order chi connectivity index (χ0) is 25.7. The van der Waals surface area contributed by atoms with Gasteiger partial charge in [0.05, 0.1) is 11.6 Å². The molecule has 0 radical (unpaired) electrons. The summed E-state index contributed by atoms with van der Waals surface area (Å²) < 4.78 is 27.8. The monoisotopic (exact) mass is 475 g/mol. The van der Waals surface area contributed by atoms with Crippen LogP contribution in [-0.4, -0.2) is 16.8 Å². The van der Waals surface area contributed by atoms with Crippen LogP contribution < -0.4 is 4.90 Å². The highest BCUT2D eigenvalue weighted by atomic mass is 19.2. The maximum atomic E-state index is 14.1. The van der Waals surface area contributed by atoms with Crippen molar-refractivity contribution in [3.05, 3.63) is 106 Å². The smallest absolute Gasteiger partial charge is 0.300 e. The van der Waals surface area contributed by atoms with Crippen molar-refractivity contribution in [3.63, 3.8) is 0 Å². The van der Waals surface area contributed by atoms with Gasteiger partial charge in [-0.1, -0.05) is 62.7 Å². The molecule has 3 aromatic carbocycles. The van der Waals surface area contributed by atoms with Crippen LogP contribution in [0.15, 0.2) is 66.2 Å². The van der Waals surface area contributed by atoms with Crippen molar-refractivity contribution >= 4 is 23.1 Å². The number of Topliss-reactive ketones (excluding diaryl/α,β-unsaturated/α-hetero) is 1. The summed E-state index contributed by atoms with van der Waals surface area (Å²) >= 11 is 0. The van der Waals surface area contributed by atoms with Gasteiger partial charge in [-0.2, -0.15) is 0 Å². The Morgan fingerprint density at radius 1 is 0.914 bits per heavy atom. The fourth-order valence-corrected chi connectivity index (χ4v) is 4.38. The first kappa shape index (κ1) is 24.3. The first-order valence-corrected chi connectivity index (χ1v) is 11.3. The van der Waals surface area contributed by atoms with Crippen molar-refractivity contribution < 1.29 is 23.5 Å². The Kier molecular flexibility index (Phi) is 6.09. The minimum atomic E-state index is -1.14. The zero-order valence-corrected chi connectivity index (χ0v) is 20.3. The molecule has 6 heteroatoms. The van der Waals surface area contributed by atoms with Crippen molar-refractivity contribution in [2.45, 2.75) is 46.1 Å². The van der Waals surface area contributed by atoms with Crippen LogP contribution in [-0.2, 0) is 15.0 Å². The van der Waals surface area contributed by atoms with E-state index >= 15 is 0 Å². The second-order valence-electron chi connectivity index (χ2n) is 9.96. The number of anilines is 1. The van der Waals surface area contributed by atoms with E-state index in [4.69, 9.17) is 0 Å². The SMILES string of the molecule is Cc1cccc(C2/C(=C(\O)c3cc(C(C)(C)C)ccc3C)C(=O)C(=O)N2c2ccc(F)c(F)c2)c1.